The second-order valence-electron chi connectivity index (χ2n) is 4.96. The molecule has 0 spiro atoms. The molecule has 2 heterocycles. The van der Waals surface area contributed by atoms with Crippen LogP contribution in [0.3, 0.4) is 0 Å². The van der Waals surface area contributed by atoms with E-state index in [1.54, 1.807) is 22.7 Å². The SMILES string of the molecule is Cc1csc(CCNC2CCCc3sc(Cl)cc32)n1. The summed E-state index contributed by atoms with van der Waals surface area (Å²) in [7, 11) is 0. The number of nitrogens with one attached hydrogen (secondary N) is 1. The molecule has 2 nitrogen and oxygen atoms in total. The van der Waals surface area contributed by atoms with E-state index in [1.165, 1.54) is 34.7 Å². The molecule has 0 saturated heterocycles. The van der Waals surface area contributed by atoms with Crippen molar-refractivity contribution in [2.75, 3.05) is 6.54 Å². The monoisotopic (exact) mass is 312 g/mol. The van der Waals surface area contributed by atoms with Crippen LogP contribution in [0.2, 0.25) is 4.34 Å². The smallest absolute Gasteiger partial charge is 0.0940 e. The van der Waals surface area contributed by atoms with Gasteiger partial charge < -0.3 is 5.32 Å². The van der Waals surface area contributed by atoms with Crippen LogP contribution in [0.1, 0.15) is 40.0 Å². The summed E-state index contributed by atoms with van der Waals surface area (Å²) in [5.74, 6) is 0. The molecule has 0 bridgehead atoms. The molecule has 1 unspecified atom stereocenters. The molecule has 0 radical (unpaired) electrons. The fourth-order valence-corrected chi connectivity index (χ4v) is 4.76. The number of halogens is 1. The lowest BCUT2D eigenvalue weighted by molar-refractivity contribution is 0.467. The van der Waals surface area contributed by atoms with Crippen LogP contribution >= 0.6 is 34.3 Å². The van der Waals surface area contributed by atoms with Crippen LogP contribution in [-0.2, 0) is 12.8 Å². The van der Waals surface area contributed by atoms with E-state index in [0.29, 0.717) is 6.04 Å². The van der Waals surface area contributed by atoms with Gasteiger partial charge in [-0.25, -0.2) is 4.98 Å². The number of aryl methyl sites for hydroxylation is 2. The maximum absolute atomic E-state index is 6.13. The molecule has 1 atom stereocenters. The molecule has 1 aliphatic carbocycles. The van der Waals surface area contributed by atoms with Crippen molar-refractivity contribution < 1.29 is 0 Å². The van der Waals surface area contributed by atoms with Gasteiger partial charge in [0.05, 0.1) is 9.34 Å². The molecule has 19 heavy (non-hydrogen) atoms. The maximum atomic E-state index is 6.13. The van der Waals surface area contributed by atoms with Crippen molar-refractivity contribution in [1.82, 2.24) is 10.3 Å². The van der Waals surface area contributed by atoms with Gasteiger partial charge in [0.1, 0.15) is 0 Å². The van der Waals surface area contributed by atoms with Crippen molar-refractivity contribution in [3.05, 3.63) is 36.9 Å². The van der Waals surface area contributed by atoms with E-state index in [1.807, 2.05) is 6.92 Å². The zero-order chi connectivity index (χ0) is 13.2. The second kappa shape index (κ2) is 5.92. The van der Waals surface area contributed by atoms with Crippen LogP contribution in [0.25, 0.3) is 0 Å². The van der Waals surface area contributed by atoms with Gasteiger partial charge in [-0.1, -0.05) is 11.6 Å². The minimum atomic E-state index is 0.480. The Hall–Kier alpha value is -0.420. The van der Waals surface area contributed by atoms with Gasteiger partial charge in [-0.05, 0) is 37.8 Å². The van der Waals surface area contributed by atoms with Crippen molar-refractivity contribution in [1.29, 1.82) is 0 Å². The molecule has 5 heteroatoms. The van der Waals surface area contributed by atoms with Gasteiger partial charge in [0.2, 0.25) is 0 Å². The first-order valence-corrected chi connectivity index (χ1v) is 8.72. The minimum absolute atomic E-state index is 0.480. The Kier molecular flexibility index (Phi) is 4.22. The second-order valence-corrected chi connectivity index (χ2v) is 7.67. The topological polar surface area (TPSA) is 24.9 Å². The molecule has 3 rings (SSSR count). The zero-order valence-electron chi connectivity index (χ0n) is 10.9. The molecule has 102 valence electrons. The van der Waals surface area contributed by atoms with Crippen LogP contribution in [-0.4, -0.2) is 11.5 Å². The average Bonchev–Trinajstić information content (AvgIpc) is 2.95. The van der Waals surface area contributed by atoms with Gasteiger partial charge >= 0.3 is 0 Å². The number of rotatable bonds is 4. The maximum Gasteiger partial charge on any atom is 0.0940 e. The molecule has 2 aromatic heterocycles. The summed E-state index contributed by atoms with van der Waals surface area (Å²) in [5.41, 5.74) is 2.56. The molecular weight excluding hydrogens is 296 g/mol. The van der Waals surface area contributed by atoms with Gasteiger partial charge in [-0.2, -0.15) is 0 Å². The summed E-state index contributed by atoms with van der Waals surface area (Å²) in [5, 5.41) is 7.01. The first-order chi connectivity index (χ1) is 9.22. The molecule has 0 aromatic carbocycles. The fraction of sp³-hybridized carbons (Fsp3) is 0.500. The van der Waals surface area contributed by atoms with Gasteiger partial charge in [0.25, 0.3) is 0 Å². The molecule has 1 aliphatic rings. The van der Waals surface area contributed by atoms with E-state index < -0.39 is 0 Å². The van der Waals surface area contributed by atoms with Gasteiger partial charge in [0.15, 0.2) is 0 Å². The third-order valence-corrected chi connectivity index (χ3v) is 5.85. The Morgan fingerprint density at radius 1 is 1.53 bits per heavy atom. The van der Waals surface area contributed by atoms with Crippen molar-refractivity contribution in [3.63, 3.8) is 0 Å². The molecule has 0 amide bonds. The number of aromatic nitrogens is 1. The summed E-state index contributed by atoms with van der Waals surface area (Å²) < 4.78 is 0.925. The highest BCUT2D eigenvalue weighted by Crippen LogP contribution is 2.37. The number of nitrogens with zero attached hydrogens (tertiary/aromatic N) is 1. The van der Waals surface area contributed by atoms with E-state index >= 15 is 0 Å². The predicted octanol–water partition coefficient (Wildman–Crippen LogP) is 4.38. The number of hydrogen-bond donors (Lipinski definition) is 1. The van der Waals surface area contributed by atoms with Crippen molar-refractivity contribution in [2.24, 2.45) is 0 Å². The van der Waals surface area contributed by atoms with Gasteiger partial charge in [-0.15, -0.1) is 22.7 Å². The van der Waals surface area contributed by atoms with E-state index in [-0.39, 0.29) is 0 Å². The number of thiophene rings is 1. The highest BCUT2D eigenvalue weighted by molar-refractivity contribution is 7.16. The van der Waals surface area contributed by atoms with E-state index in [4.69, 9.17) is 11.6 Å². The molecule has 0 fully saturated rings. The molecule has 0 aliphatic heterocycles. The number of fused-ring (bicyclic) bond motifs is 1. The first kappa shape index (κ1) is 13.6. The zero-order valence-corrected chi connectivity index (χ0v) is 13.3. The third kappa shape index (κ3) is 3.19. The largest absolute Gasteiger partial charge is 0.309 e. The number of thiazole rings is 1. The quantitative estimate of drug-likeness (QED) is 0.906. The summed E-state index contributed by atoms with van der Waals surface area (Å²) >= 11 is 9.63. The summed E-state index contributed by atoms with van der Waals surface area (Å²) in [6.45, 7) is 3.04. The molecule has 0 saturated carbocycles. The van der Waals surface area contributed by atoms with Crippen LogP contribution < -0.4 is 5.32 Å². The normalized spacial score (nSPS) is 18.5. The number of hydrogen-bond acceptors (Lipinski definition) is 4. The lowest BCUT2D eigenvalue weighted by Gasteiger charge is -2.23. The summed E-state index contributed by atoms with van der Waals surface area (Å²) in [6.07, 6.45) is 4.69. The van der Waals surface area contributed by atoms with E-state index in [2.05, 4.69) is 21.7 Å². The van der Waals surface area contributed by atoms with Crippen LogP contribution in [0.4, 0.5) is 0 Å². The van der Waals surface area contributed by atoms with Crippen molar-refractivity contribution in [3.8, 4) is 0 Å². The Labute approximate surface area is 126 Å². The predicted molar refractivity (Wildman–Crippen MR) is 83.6 cm³/mol. The van der Waals surface area contributed by atoms with Crippen LogP contribution in [0.5, 0.6) is 0 Å². The van der Waals surface area contributed by atoms with Crippen LogP contribution in [0.15, 0.2) is 11.4 Å². The average molecular weight is 313 g/mol. The third-order valence-electron chi connectivity index (χ3n) is 3.48. The Morgan fingerprint density at radius 3 is 3.21 bits per heavy atom. The lowest BCUT2D eigenvalue weighted by atomic mass is 9.94. The molecular formula is C14H17ClN2S2. The standard InChI is InChI=1S/C14H17ClN2S2/c1-9-8-18-14(17-9)5-6-16-11-3-2-4-12-10(11)7-13(15)19-12/h7-8,11,16H,2-6H2,1H3. The lowest BCUT2D eigenvalue weighted by Crippen LogP contribution is -2.26. The van der Waals surface area contributed by atoms with Gasteiger partial charge in [0, 0.05) is 35.0 Å². The molecule has 2 aromatic rings. The first-order valence-electron chi connectivity index (χ1n) is 6.65. The Balaban J connectivity index is 1.59. The minimum Gasteiger partial charge on any atom is -0.309 e. The Bertz CT molecular complexity index is 562. The van der Waals surface area contributed by atoms with E-state index in [0.717, 1.165) is 23.0 Å². The fourth-order valence-electron chi connectivity index (χ4n) is 2.60. The highest BCUT2D eigenvalue weighted by atomic mass is 35.5. The van der Waals surface area contributed by atoms with Gasteiger partial charge in [-0.3, -0.25) is 0 Å². The Morgan fingerprint density at radius 2 is 2.42 bits per heavy atom. The van der Waals surface area contributed by atoms with Crippen molar-refractivity contribution in [2.45, 2.75) is 38.6 Å². The van der Waals surface area contributed by atoms with Crippen LogP contribution in [0, 0.1) is 6.92 Å². The van der Waals surface area contributed by atoms with E-state index in [9.17, 15) is 0 Å². The van der Waals surface area contributed by atoms with Crippen molar-refractivity contribution >= 4 is 34.3 Å². The highest BCUT2D eigenvalue weighted by Gasteiger charge is 2.22. The summed E-state index contributed by atoms with van der Waals surface area (Å²) in [4.78, 5) is 5.97. The molecule has 1 N–H and O–H groups in total. The summed E-state index contributed by atoms with van der Waals surface area (Å²) in [6, 6.07) is 2.62.